The van der Waals surface area contributed by atoms with Crippen molar-refractivity contribution in [3.05, 3.63) is 72.3 Å². The molecule has 0 saturated carbocycles. The van der Waals surface area contributed by atoms with E-state index < -0.39 is 0 Å². The first-order valence-electron chi connectivity index (χ1n) is 6.63. The van der Waals surface area contributed by atoms with Crippen molar-refractivity contribution >= 4 is 34.8 Å². The van der Waals surface area contributed by atoms with Gasteiger partial charge in [-0.1, -0.05) is 54.6 Å². The van der Waals surface area contributed by atoms with Crippen LogP contribution in [-0.2, 0) is 0 Å². The van der Waals surface area contributed by atoms with Gasteiger partial charge in [0.05, 0.1) is 5.71 Å². The van der Waals surface area contributed by atoms with Crippen LogP contribution in [0.5, 0.6) is 0 Å². The first-order chi connectivity index (χ1) is 10.2. The number of thiocarbonyl (C=S) groups is 1. The summed E-state index contributed by atoms with van der Waals surface area (Å²) in [4.78, 5) is 0. The van der Waals surface area contributed by atoms with Crippen molar-refractivity contribution in [1.29, 1.82) is 0 Å². The van der Waals surface area contributed by atoms with Crippen LogP contribution < -0.4 is 10.7 Å². The smallest absolute Gasteiger partial charge is 0.191 e. The van der Waals surface area contributed by atoms with E-state index in [0.29, 0.717) is 5.11 Å². The Morgan fingerprint density at radius 2 is 1.62 bits per heavy atom. The highest BCUT2D eigenvalue weighted by atomic mass is 32.1. The summed E-state index contributed by atoms with van der Waals surface area (Å²) in [6, 6.07) is 19.8. The number of nitrogens with one attached hydrogen (secondary N) is 2. The van der Waals surface area contributed by atoms with E-state index in [-0.39, 0.29) is 0 Å². The number of hydrogen-bond acceptors (Lipinski definition) is 2. The predicted octanol–water partition coefficient (Wildman–Crippen LogP) is 4.06. The fraction of sp³-hybridized carbons (Fsp3) is 0.0588. The van der Waals surface area contributed by atoms with Crippen LogP contribution >= 0.6 is 12.2 Å². The quantitative estimate of drug-likeness (QED) is 0.507. The molecule has 0 aliphatic rings. The van der Waals surface area contributed by atoms with Gasteiger partial charge in [-0.15, -0.1) is 0 Å². The minimum atomic E-state index is 0.466. The monoisotopic (exact) mass is 295 g/mol. The average molecular weight is 295 g/mol. The molecular weight excluding hydrogens is 278 g/mol. The highest BCUT2D eigenvalue weighted by molar-refractivity contribution is 7.80. The molecule has 3 nitrogen and oxygen atoms in total. The first-order valence-corrected chi connectivity index (χ1v) is 7.04. The molecule has 0 aliphatic heterocycles. The summed E-state index contributed by atoms with van der Waals surface area (Å²) in [6.45, 7) is 1.91. The molecule has 0 atom stereocenters. The molecule has 0 saturated heterocycles. The maximum Gasteiger partial charge on any atom is 0.191 e. The molecule has 2 rings (SSSR count). The molecule has 0 bridgehead atoms. The van der Waals surface area contributed by atoms with Crippen molar-refractivity contribution in [2.24, 2.45) is 5.10 Å². The highest BCUT2D eigenvalue weighted by Crippen LogP contribution is 2.04. The van der Waals surface area contributed by atoms with Gasteiger partial charge in [-0.3, -0.25) is 5.43 Å². The third-order valence-corrected chi connectivity index (χ3v) is 2.88. The Hall–Kier alpha value is -2.46. The fourth-order valence-electron chi connectivity index (χ4n) is 1.64. The van der Waals surface area contributed by atoms with E-state index in [1.807, 2.05) is 79.7 Å². The number of benzene rings is 2. The molecule has 2 N–H and O–H groups in total. The van der Waals surface area contributed by atoms with Crippen LogP contribution in [0.2, 0.25) is 0 Å². The number of allylic oxidation sites excluding steroid dienone is 1. The van der Waals surface area contributed by atoms with Gasteiger partial charge in [0.15, 0.2) is 5.11 Å². The summed E-state index contributed by atoms with van der Waals surface area (Å²) < 4.78 is 0. The Morgan fingerprint density at radius 1 is 1.00 bits per heavy atom. The molecule has 0 aliphatic carbocycles. The molecule has 0 radical (unpaired) electrons. The van der Waals surface area contributed by atoms with E-state index in [0.717, 1.165) is 17.0 Å². The van der Waals surface area contributed by atoms with Gasteiger partial charge < -0.3 is 5.32 Å². The lowest BCUT2D eigenvalue weighted by molar-refractivity contribution is 1.04. The van der Waals surface area contributed by atoms with Gasteiger partial charge in [0, 0.05) is 5.69 Å². The van der Waals surface area contributed by atoms with E-state index >= 15 is 0 Å². The average Bonchev–Trinajstić information content (AvgIpc) is 2.53. The van der Waals surface area contributed by atoms with Crippen LogP contribution in [0.1, 0.15) is 12.5 Å². The molecule has 2 aromatic rings. The Labute approximate surface area is 130 Å². The van der Waals surface area contributed by atoms with Crippen LogP contribution in [0.25, 0.3) is 6.08 Å². The van der Waals surface area contributed by atoms with Crippen molar-refractivity contribution in [2.45, 2.75) is 6.92 Å². The zero-order valence-corrected chi connectivity index (χ0v) is 12.6. The Kier molecular flexibility index (Phi) is 5.67. The van der Waals surface area contributed by atoms with Crippen molar-refractivity contribution in [1.82, 2.24) is 5.43 Å². The lowest BCUT2D eigenvalue weighted by Crippen LogP contribution is -2.24. The number of anilines is 1. The Balaban J connectivity index is 1.85. The molecule has 4 heteroatoms. The molecule has 0 aromatic heterocycles. The molecule has 0 fully saturated rings. The number of nitrogens with zero attached hydrogens (tertiary/aromatic N) is 1. The van der Waals surface area contributed by atoms with Gasteiger partial charge in [0.25, 0.3) is 0 Å². The van der Waals surface area contributed by atoms with Crippen LogP contribution in [0.3, 0.4) is 0 Å². The maximum atomic E-state index is 5.18. The second-order valence-corrected chi connectivity index (χ2v) is 4.84. The van der Waals surface area contributed by atoms with E-state index in [1.165, 1.54) is 0 Å². The van der Waals surface area contributed by atoms with Crippen molar-refractivity contribution < 1.29 is 0 Å². The summed E-state index contributed by atoms with van der Waals surface area (Å²) in [5, 5.41) is 7.74. The molecule has 21 heavy (non-hydrogen) atoms. The summed E-state index contributed by atoms with van der Waals surface area (Å²) in [5.41, 5.74) is 5.74. The van der Waals surface area contributed by atoms with Crippen molar-refractivity contribution in [3.63, 3.8) is 0 Å². The first kappa shape index (κ1) is 14.9. The highest BCUT2D eigenvalue weighted by Gasteiger charge is 1.94. The minimum Gasteiger partial charge on any atom is -0.331 e. The molecule has 2 aromatic carbocycles. The maximum absolute atomic E-state index is 5.18. The summed E-state index contributed by atoms with van der Waals surface area (Å²) in [7, 11) is 0. The largest absolute Gasteiger partial charge is 0.331 e. The lowest BCUT2D eigenvalue weighted by atomic mass is 10.2. The molecule has 106 valence electrons. The van der Waals surface area contributed by atoms with Crippen LogP contribution in [-0.4, -0.2) is 10.8 Å². The minimum absolute atomic E-state index is 0.466. The second-order valence-electron chi connectivity index (χ2n) is 4.43. The molecule has 0 amide bonds. The fourth-order valence-corrected chi connectivity index (χ4v) is 1.80. The van der Waals surface area contributed by atoms with E-state index in [2.05, 4.69) is 15.8 Å². The third kappa shape index (κ3) is 5.58. The number of hydrogen-bond donors (Lipinski definition) is 2. The molecule has 0 heterocycles. The van der Waals surface area contributed by atoms with Gasteiger partial charge >= 0.3 is 0 Å². The van der Waals surface area contributed by atoms with Crippen molar-refractivity contribution in [2.75, 3.05) is 5.32 Å². The van der Waals surface area contributed by atoms with Crippen LogP contribution in [0.4, 0.5) is 5.69 Å². The Bertz CT molecular complexity index is 634. The lowest BCUT2D eigenvalue weighted by Gasteiger charge is -2.06. The number of hydrazone groups is 1. The van der Waals surface area contributed by atoms with Gasteiger partial charge in [0.2, 0.25) is 0 Å². The summed E-state index contributed by atoms with van der Waals surface area (Å²) in [6.07, 6.45) is 3.95. The molecule has 0 spiro atoms. The zero-order valence-electron chi connectivity index (χ0n) is 11.8. The van der Waals surface area contributed by atoms with E-state index in [1.54, 1.807) is 0 Å². The number of para-hydroxylation sites is 1. The van der Waals surface area contributed by atoms with Gasteiger partial charge in [-0.05, 0) is 42.9 Å². The summed E-state index contributed by atoms with van der Waals surface area (Å²) in [5.74, 6) is 0. The zero-order chi connectivity index (χ0) is 14.9. The molecular formula is C17H17N3S. The molecule has 0 unspecified atom stereocenters. The van der Waals surface area contributed by atoms with Crippen LogP contribution in [0, 0.1) is 0 Å². The third-order valence-electron chi connectivity index (χ3n) is 2.68. The van der Waals surface area contributed by atoms with Gasteiger partial charge in [0.1, 0.15) is 0 Å². The van der Waals surface area contributed by atoms with Gasteiger partial charge in [-0.2, -0.15) is 5.10 Å². The normalized spacial score (nSPS) is 11.4. The SMILES string of the molecule is CC(C=Cc1ccccc1)=NNC(=S)Nc1ccccc1. The van der Waals surface area contributed by atoms with Crippen LogP contribution in [0.15, 0.2) is 71.8 Å². The summed E-state index contributed by atoms with van der Waals surface area (Å²) >= 11 is 5.18. The van der Waals surface area contributed by atoms with Crippen molar-refractivity contribution in [3.8, 4) is 0 Å². The van der Waals surface area contributed by atoms with E-state index in [4.69, 9.17) is 12.2 Å². The number of rotatable bonds is 4. The predicted molar refractivity (Wildman–Crippen MR) is 94.4 cm³/mol. The van der Waals surface area contributed by atoms with E-state index in [9.17, 15) is 0 Å². The topological polar surface area (TPSA) is 36.4 Å². The standard InChI is InChI=1S/C17H17N3S/c1-14(12-13-15-8-4-2-5-9-15)19-20-17(21)18-16-10-6-3-7-11-16/h2-13H,1H3,(H2,18,20,21). The van der Waals surface area contributed by atoms with Gasteiger partial charge in [-0.25, -0.2) is 0 Å². The second kappa shape index (κ2) is 7.97. The Morgan fingerprint density at radius 3 is 2.29 bits per heavy atom.